The predicted molar refractivity (Wildman–Crippen MR) is 111 cm³/mol. The van der Waals surface area contributed by atoms with Gasteiger partial charge in [-0.25, -0.2) is 9.48 Å². The summed E-state index contributed by atoms with van der Waals surface area (Å²) in [5.41, 5.74) is 2.76. The minimum absolute atomic E-state index is 0.456. The highest BCUT2D eigenvalue weighted by molar-refractivity contribution is 5.92. The van der Waals surface area contributed by atoms with E-state index in [-0.39, 0.29) is 0 Å². The Morgan fingerprint density at radius 2 is 1.57 bits per heavy atom. The fourth-order valence-electron chi connectivity index (χ4n) is 3.73. The van der Waals surface area contributed by atoms with Gasteiger partial charge in [-0.15, -0.1) is 5.10 Å². The maximum atomic E-state index is 13.0. The van der Waals surface area contributed by atoms with Gasteiger partial charge in [0.2, 0.25) is 0 Å². The minimum Gasteiger partial charge on any atom is -0.410 e. The Morgan fingerprint density at radius 3 is 2.37 bits per heavy atom. The van der Waals surface area contributed by atoms with E-state index in [2.05, 4.69) is 27.7 Å². The molecule has 0 spiro atoms. The molecule has 0 unspecified atom stereocenters. The number of hydrogen-bond donors (Lipinski definition) is 0. The van der Waals surface area contributed by atoms with Gasteiger partial charge in [-0.3, -0.25) is 4.90 Å². The SMILES string of the molecule is O=C1Oc2ccccc2[C@H](c2nnnn2CCc2ccccc2)N1c1ccccc1. The number of hydrogen-bond acceptors (Lipinski definition) is 5. The Balaban J connectivity index is 1.57. The molecule has 1 amide bonds. The van der Waals surface area contributed by atoms with Crippen LogP contribution in [0.3, 0.4) is 0 Å². The number of ether oxygens (including phenoxy) is 1. The summed E-state index contributed by atoms with van der Waals surface area (Å²) < 4.78 is 7.37. The predicted octanol–water partition coefficient (Wildman–Crippen LogP) is 4.02. The van der Waals surface area contributed by atoms with Crippen LogP contribution in [-0.2, 0) is 13.0 Å². The van der Waals surface area contributed by atoms with Gasteiger partial charge in [-0.2, -0.15) is 0 Å². The molecule has 1 aliphatic rings. The third-order valence-corrected chi connectivity index (χ3v) is 5.16. The van der Waals surface area contributed by atoms with Crippen LogP contribution in [0.1, 0.15) is 23.0 Å². The lowest BCUT2D eigenvalue weighted by Gasteiger charge is -2.35. The number of nitrogens with zero attached hydrogens (tertiary/aromatic N) is 5. The van der Waals surface area contributed by atoms with Crippen LogP contribution in [0, 0.1) is 0 Å². The highest BCUT2D eigenvalue weighted by Crippen LogP contribution is 2.40. The first kappa shape index (κ1) is 18.1. The number of para-hydroxylation sites is 2. The van der Waals surface area contributed by atoms with E-state index in [1.807, 2.05) is 66.7 Å². The van der Waals surface area contributed by atoms with Gasteiger partial charge in [0.25, 0.3) is 0 Å². The number of tetrazole rings is 1. The molecule has 0 N–H and O–H groups in total. The van der Waals surface area contributed by atoms with Gasteiger partial charge in [0.15, 0.2) is 5.82 Å². The fraction of sp³-hybridized carbons (Fsp3) is 0.130. The van der Waals surface area contributed by atoms with Crippen LogP contribution in [0.2, 0.25) is 0 Å². The van der Waals surface area contributed by atoms with E-state index in [0.717, 1.165) is 17.7 Å². The number of carbonyl (C=O) groups is 1. The van der Waals surface area contributed by atoms with Crippen molar-refractivity contribution < 1.29 is 9.53 Å². The summed E-state index contributed by atoms with van der Waals surface area (Å²) in [5.74, 6) is 1.12. The Kier molecular flexibility index (Phi) is 4.69. The number of anilines is 1. The van der Waals surface area contributed by atoms with Crippen LogP contribution < -0.4 is 9.64 Å². The summed E-state index contributed by atoms with van der Waals surface area (Å²) in [6.45, 7) is 0.600. The summed E-state index contributed by atoms with van der Waals surface area (Å²) >= 11 is 0. The van der Waals surface area contributed by atoms with Crippen LogP contribution in [0.4, 0.5) is 10.5 Å². The van der Waals surface area contributed by atoms with Crippen molar-refractivity contribution in [2.45, 2.75) is 19.0 Å². The Labute approximate surface area is 173 Å². The third-order valence-electron chi connectivity index (χ3n) is 5.16. The van der Waals surface area contributed by atoms with Crippen LogP contribution in [0.15, 0.2) is 84.9 Å². The summed E-state index contributed by atoms with van der Waals surface area (Å²) in [4.78, 5) is 14.6. The van der Waals surface area contributed by atoms with Crippen molar-refractivity contribution in [2.24, 2.45) is 0 Å². The molecule has 7 nitrogen and oxygen atoms in total. The molecular weight excluding hydrogens is 378 g/mol. The molecule has 0 radical (unpaired) electrons. The summed E-state index contributed by atoms with van der Waals surface area (Å²) in [6.07, 6.45) is 0.325. The van der Waals surface area contributed by atoms with Gasteiger partial charge < -0.3 is 4.74 Å². The lowest BCUT2D eigenvalue weighted by atomic mass is 10.0. The van der Waals surface area contributed by atoms with Crippen molar-refractivity contribution in [3.63, 3.8) is 0 Å². The number of amides is 1. The average Bonchev–Trinajstić information content (AvgIpc) is 3.26. The fourth-order valence-corrected chi connectivity index (χ4v) is 3.73. The molecule has 1 atom stereocenters. The largest absolute Gasteiger partial charge is 0.420 e. The van der Waals surface area contributed by atoms with Gasteiger partial charge in [-0.1, -0.05) is 66.7 Å². The second kappa shape index (κ2) is 7.79. The number of aryl methyl sites for hydroxylation is 2. The maximum Gasteiger partial charge on any atom is 0.420 e. The normalized spacial score (nSPS) is 15.5. The molecule has 0 bridgehead atoms. The van der Waals surface area contributed by atoms with Crippen LogP contribution in [0.25, 0.3) is 0 Å². The Bertz CT molecular complexity index is 1160. The zero-order chi connectivity index (χ0) is 20.3. The van der Waals surface area contributed by atoms with Crippen LogP contribution >= 0.6 is 0 Å². The number of rotatable bonds is 5. The average molecular weight is 397 g/mol. The van der Waals surface area contributed by atoms with Gasteiger partial charge in [-0.05, 0) is 40.6 Å². The van der Waals surface area contributed by atoms with Gasteiger partial charge in [0.05, 0.1) is 0 Å². The monoisotopic (exact) mass is 397 g/mol. The van der Waals surface area contributed by atoms with E-state index >= 15 is 0 Å². The van der Waals surface area contributed by atoms with Crippen molar-refractivity contribution in [3.05, 3.63) is 102 Å². The molecule has 0 fully saturated rings. The summed E-state index contributed by atoms with van der Waals surface area (Å²) in [7, 11) is 0. The summed E-state index contributed by atoms with van der Waals surface area (Å²) in [6, 6.07) is 26.6. The third kappa shape index (κ3) is 3.30. The van der Waals surface area contributed by atoms with Crippen molar-refractivity contribution in [3.8, 4) is 5.75 Å². The minimum atomic E-state index is -0.490. The van der Waals surface area contributed by atoms with Crippen LogP contribution in [-0.4, -0.2) is 26.3 Å². The number of aromatic nitrogens is 4. The topological polar surface area (TPSA) is 73.1 Å². The molecule has 1 aliphatic heterocycles. The first-order valence-corrected chi connectivity index (χ1v) is 9.76. The van der Waals surface area contributed by atoms with E-state index in [9.17, 15) is 4.79 Å². The second-order valence-electron chi connectivity index (χ2n) is 7.01. The zero-order valence-corrected chi connectivity index (χ0v) is 16.1. The van der Waals surface area contributed by atoms with Gasteiger partial charge in [0.1, 0.15) is 11.8 Å². The van der Waals surface area contributed by atoms with Crippen molar-refractivity contribution in [1.82, 2.24) is 20.2 Å². The molecule has 2 heterocycles. The lowest BCUT2D eigenvalue weighted by molar-refractivity contribution is 0.200. The van der Waals surface area contributed by atoms with Crippen molar-refractivity contribution in [1.29, 1.82) is 0 Å². The lowest BCUT2D eigenvalue weighted by Crippen LogP contribution is -2.42. The van der Waals surface area contributed by atoms with Crippen molar-refractivity contribution in [2.75, 3.05) is 4.90 Å². The Morgan fingerprint density at radius 1 is 0.867 bits per heavy atom. The first-order valence-electron chi connectivity index (χ1n) is 9.76. The molecule has 0 saturated carbocycles. The molecule has 7 heteroatoms. The van der Waals surface area contributed by atoms with Gasteiger partial charge in [0, 0.05) is 17.8 Å². The smallest absolute Gasteiger partial charge is 0.410 e. The second-order valence-corrected chi connectivity index (χ2v) is 7.01. The number of benzene rings is 3. The van der Waals surface area contributed by atoms with E-state index in [1.165, 1.54) is 5.56 Å². The number of fused-ring (bicyclic) bond motifs is 1. The van der Waals surface area contributed by atoms with Crippen LogP contribution in [0.5, 0.6) is 5.75 Å². The van der Waals surface area contributed by atoms with E-state index < -0.39 is 12.1 Å². The first-order chi connectivity index (χ1) is 14.8. The van der Waals surface area contributed by atoms with E-state index in [1.54, 1.807) is 15.6 Å². The highest BCUT2D eigenvalue weighted by atomic mass is 16.6. The highest BCUT2D eigenvalue weighted by Gasteiger charge is 2.39. The molecule has 0 saturated heterocycles. The van der Waals surface area contributed by atoms with Gasteiger partial charge >= 0.3 is 6.09 Å². The molecule has 0 aliphatic carbocycles. The molecule has 5 rings (SSSR count). The number of carbonyl (C=O) groups excluding carboxylic acids is 1. The van der Waals surface area contributed by atoms with E-state index in [4.69, 9.17) is 4.74 Å². The standard InChI is InChI=1S/C23H19N5O2/c29-23-28(18-11-5-2-6-12-18)21(19-13-7-8-14-20(19)30-23)22-24-25-26-27(22)16-15-17-9-3-1-4-10-17/h1-14,21H,15-16H2/t21-/m1/s1. The zero-order valence-electron chi connectivity index (χ0n) is 16.1. The molecule has 4 aromatic rings. The molecule has 3 aromatic carbocycles. The van der Waals surface area contributed by atoms with E-state index in [0.29, 0.717) is 18.1 Å². The van der Waals surface area contributed by atoms with Crippen molar-refractivity contribution >= 4 is 11.8 Å². The quantitative estimate of drug-likeness (QED) is 0.508. The summed E-state index contributed by atoms with van der Waals surface area (Å²) in [5, 5.41) is 12.4. The molecular formula is C23H19N5O2. The Hall–Kier alpha value is -4.00. The maximum absolute atomic E-state index is 13.0. The molecule has 148 valence electrons. The molecule has 30 heavy (non-hydrogen) atoms. The molecule has 1 aromatic heterocycles.